The molecule has 0 aliphatic heterocycles. The number of nitrogens with one attached hydrogen (secondary N) is 1. The summed E-state index contributed by atoms with van der Waals surface area (Å²) in [6.07, 6.45) is -3.66. The number of anilines is 1. The molecule has 16 heteroatoms. The van der Waals surface area contributed by atoms with Crippen molar-refractivity contribution in [3.63, 3.8) is 0 Å². The number of phosphoric acid groups is 1. The molecule has 0 saturated carbocycles. The predicted octanol–water partition coefficient (Wildman–Crippen LogP) is 2.66. The van der Waals surface area contributed by atoms with Gasteiger partial charge in [-0.3, -0.25) is 19.3 Å². The Morgan fingerprint density at radius 1 is 1.09 bits per heavy atom. The van der Waals surface area contributed by atoms with Gasteiger partial charge < -0.3 is 9.84 Å². The molecule has 1 aromatic heterocycles. The fourth-order valence-electron chi connectivity index (χ4n) is 2.74. The van der Waals surface area contributed by atoms with Crippen molar-refractivity contribution in [3.8, 4) is 5.75 Å². The molecule has 0 radical (unpaired) electrons. The molecule has 34 heavy (non-hydrogen) atoms. The quantitative estimate of drug-likeness (QED) is 0.259. The van der Waals surface area contributed by atoms with Crippen LogP contribution in [0.15, 0.2) is 48.7 Å². The Balaban J connectivity index is 0.00000289. The van der Waals surface area contributed by atoms with Crippen molar-refractivity contribution >= 4 is 78.7 Å². The average Bonchev–Trinajstić information content (AvgIpc) is 3.07. The molecular formula is C18H15F5N3Na2O5P. The van der Waals surface area contributed by atoms with Crippen molar-refractivity contribution in [2.24, 2.45) is 0 Å². The van der Waals surface area contributed by atoms with Gasteiger partial charge in [-0.25, -0.2) is 13.3 Å². The van der Waals surface area contributed by atoms with Crippen molar-refractivity contribution in [1.29, 1.82) is 0 Å². The topological polar surface area (TPSA) is 114 Å². The molecule has 2 aromatic carbocycles. The third-order valence-corrected chi connectivity index (χ3v) is 4.46. The van der Waals surface area contributed by atoms with E-state index in [1.54, 1.807) is 0 Å². The zero-order valence-corrected chi connectivity index (χ0v) is 16.6. The van der Waals surface area contributed by atoms with Crippen LogP contribution >= 0.6 is 7.82 Å². The zero-order valence-electron chi connectivity index (χ0n) is 15.7. The minimum atomic E-state index is -5.06. The van der Waals surface area contributed by atoms with E-state index < -0.39 is 55.0 Å². The van der Waals surface area contributed by atoms with Gasteiger partial charge in [0, 0.05) is 12.3 Å². The third-order valence-electron chi connectivity index (χ3n) is 4.02. The summed E-state index contributed by atoms with van der Waals surface area (Å²) in [4.78, 5) is 29.6. The summed E-state index contributed by atoms with van der Waals surface area (Å²) in [6.45, 7) is -0.449. The summed E-state index contributed by atoms with van der Waals surface area (Å²) < 4.78 is 83.7. The number of carbonyl (C=O) groups excluding carboxylic acids is 1. The van der Waals surface area contributed by atoms with Gasteiger partial charge in [0.1, 0.15) is 22.9 Å². The Morgan fingerprint density at radius 2 is 1.71 bits per heavy atom. The van der Waals surface area contributed by atoms with Crippen molar-refractivity contribution < 1.29 is 45.6 Å². The van der Waals surface area contributed by atoms with E-state index in [2.05, 4.69) is 14.9 Å². The van der Waals surface area contributed by atoms with Crippen LogP contribution in [0.25, 0.3) is 0 Å². The monoisotopic (exact) mass is 525 g/mol. The van der Waals surface area contributed by atoms with Gasteiger partial charge in [-0.1, -0.05) is 12.1 Å². The van der Waals surface area contributed by atoms with Gasteiger partial charge in [0.05, 0.1) is 12.1 Å². The number of hydrogen-bond acceptors (Lipinski definition) is 4. The van der Waals surface area contributed by atoms with Crippen LogP contribution in [0.3, 0.4) is 0 Å². The Bertz CT molecular complexity index is 1200. The number of amides is 1. The molecule has 0 aliphatic rings. The van der Waals surface area contributed by atoms with E-state index in [1.807, 2.05) is 0 Å². The molecule has 0 aliphatic carbocycles. The van der Waals surface area contributed by atoms with E-state index in [1.165, 1.54) is 12.3 Å². The summed E-state index contributed by atoms with van der Waals surface area (Å²) in [7, 11) is -5.06. The van der Waals surface area contributed by atoms with Gasteiger partial charge in [0.25, 0.3) is 5.91 Å². The van der Waals surface area contributed by atoms with Crippen LogP contribution in [0, 0.1) is 11.6 Å². The van der Waals surface area contributed by atoms with Gasteiger partial charge in [-0.15, -0.1) is 0 Å². The van der Waals surface area contributed by atoms with E-state index in [0.717, 1.165) is 35.0 Å². The standard InChI is InChI=1S/C18H13F5N3O5P.2Na.2H/c19-13-2-1-3-14(20)16(13)17(27)24-15-6-7-26(25-15)9-10-4-5-11(31-32(28,29)30)8-12(10)18(21,22)23;;;;/h1-8H,9H2,(H,24,25,27)(H2,28,29,30);;;;. The van der Waals surface area contributed by atoms with Gasteiger partial charge in [-0.2, -0.15) is 18.3 Å². The normalized spacial score (nSPS) is 11.3. The first kappa shape index (κ1) is 30.8. The van der Waals surface area contributed by atoms with Crippen molar-refractivity contribution in [2.45, 2.75) is 12.7 Å². The Morgan fingerprint density at radius 3 is 2.26 bits per heavy atom. The maximum atomic E-state index is 13.7. The number of rotatable bonds is 6. The van der Waals surface area contributed by atoms with Crippen LogP contribution in [0.1, 0.15) is 21.5 Å². The third kappa shape index (κ3) is 8.14. The molecule has 174 valence electrons. The molecule has 8 nitrogen and oxygen atoms in total. The molecular weight excluding hydrogens is 510 g/mol. The molecule has 3 aromatic rings. The van der Waals surface area contributed by atoms with Crippen LogP contribution in [0.4, 0.5) is 27.8 Å². The number of benzene rings is 2. The van der Waals surface area contributed by atoms with Crippen LogP contribution in [-0.4, -0.2) is 84.6 Å². The van der Waals surface area contributed by atoms with Crippen molar-refractivity contribution in [1.82, 2.24) is 9.78 Å². The Labute approximate surface area is 233 Å². The van der Waals surface area contributed by atoms with E-state index in [4.69, 9.17) is 9.79 Å². The second-order valence-corrected chi connectivity index (χ2v) is 7.51. The van der Waals surface area contributed by atoms with Gasteiger partial charge in [0.2, 0.25) is 0 Å². The molecule has 0 bridgehead atoms. The number of nitrogens with zero attached hydrogens (tertiary/aromatic N) is 2. The Hall–Kier alpha value is -1.28. The summed E-state index contributed by atoms with van der Waals surface area (Å²) in [6, 6.07) is 6.37. The summed E-state index contributed by atoms with van der Waals surface area (Å²) in [5.74, 6) is -4.20. The number of phosphoric ester groups is 1. The summed E-state index contributed by atoms with van der Waals surface area (Å²) >= 11 is 0. The van der Waals surface area contributed by atoms with E-state index in [0.29, 0.717) is 6.07 Å². The molecule has 0 saturated heterocycles. The van der Waals surface area contributed by atoms with Crippen LogP contribution in [-0.2, 0) is 17.3 Å². The molecule has 1 heterocycles. The van der Waals surface area contributed by atoms with Gasteiger partial charge >= 0.3 is 73.1 Å². The molecule has 0 fully saturated rings. The molecule has 0 atom stereocenters. The van der Waals surface area contributed by atoms with E-state index in [-0.39, 0.29) is 70.5 Å². The fourth-order valence-corrected chi connectivity index (χ4v) is 3.12. The summed E-state index contributed by atoms with van der Waals surface area (Å²) in [5, 5.41) is 6.00. The number of aromatic nitrogens is 2. The van der Waals surface area contributed by atoms with E-state index >= 15 is 0 Å². The Kier molecular flexibility index (Phi) is 11.0. The molecule has 0 unspecified atom stereocenters. The number of hydrogen-bond donors (Lipinski definition) is 3. The maximum absolute atomic E-state index is 13.7. The van der Waals surface area contributed by atoms with Gasteiger partial charge in [-0.05, 0) is 29.8 Å². The van der Waals surface area contributed by atoms with Crippen LogP contribution in [0.5, 0.6) is 5.75 Å². The molecule has 3 rings (SSSR count). The van der Waals surface area contributed by atoms with Gasteiger partial charge in [0.15, 0.2) is 5.82 Å². The summed E-state index contributed by atoms with van der Waals surface area (Å²) in [5.41, 5.74) is -2.39. The van der Waals surface area contributed by atoms with E-state index in [9.17, 15) is 31.3 Å². The fraction of sp³-hybridized carbons (Fsp3) is 0.111. The average molecular weight is 525 g/mol. The first-order chi connectivity index (χ1) is 14.8. The second kappa shape index (κ2) is 12.1. The zero-order chi connectivity index (χ0) is 23.7. The molecule has 3 N–H and O–H groups in total. The first-order valence-electron chi connectivity index (χ1n) is 8.57. The number of alkyl halides is 3. The number of halogens is 5. The number of carbonyl (C=O) groups is 1. The predicted molar refractivity (Wildman–Crippen MR) is 114 cm³/mol. The first-order valence-corrected chi connectivity index (χ1v) is 10.1. The van der Waals surface area contributed by atoms with Crippen LogP contribution < -0.4 is 9.84 Å². The molecule has 1 amide bonds. The van der Waals surface area contributed by atoms with Crippen LogP contribution in [0.2, 0.25) is 0 Å². The van der Waals surface area contributed by atoms with Crippen molar-refractivity contribution in [3.05, 3.63) is 77.0 Å². The molecule has 0 spiro atoms. The SMILES string of the molecule is O=C(Nc1ccn(Cc2ccc(OP(=O)(O)O)cc2C(F)(F)F)n1)c1c(F)cccc1F.[NaH].[NaH]. The minimum absolute atomic E-state index is 0. The van der Waals surface area contributed by atoms with Crippen molar-refractivity contribution in [2.75, 3.05) is 5.32 Å². The second-order valence-electron chi connectivity index (χ2n) is 6.35.